The Bertz CT molecular complexity index is 612. The number of nitrogens with two attached hydrogens (primary N) is 1. The highest BCUT2D eigenvalue weighted by Gasteiger charge is 2.19. The molecule has 2 aromatic rings. The second kappa shape index (κ2) is 6.23. The van der Waals surface area contributed by atoms with Gasteiger partial charge in [0.2, 0.25) is 0 Å². The third-order valence-electron chi connectivity index (χ3n) is 3.14. The van der Waals surface area contributed by atoms with Crippen molar-refractivity contribution in [2.45, 2.75) is 26.0 Å². The number of aryl methyl sites for hydroxylation is 1. The summed E-state index contributed by atoms with van der Waals surface area (Å²) >= 11 is 0. The first-order chi connectivity index (χ1) is 9.61. The Hall–Kier alpha value is -2.31. The molecule has 0 saturated carbocycles. The molecule has 0 saturated heterocycles. The molecule has 0 heterocycles. The van der Waals surface area contributed by atoms with Gasteiger partial charge < -0.3 is 10.5 Å². The number of nitrogens with zero attached hydrogens (tertiary/aromatic N) is 1. The molecule has 0 fully saturated rings. The van der Waals surface area contributed by atoms with Crippen LogP contribution in [-0.4, -0.2) is 6.04 Å². The van der Waals surface area contributed by atoms with Crippen LogP contribution in [0.4, 0.5) is 0 Å². The van der Waals surface area contributed by atoms with E-state index in [0.717, 1.165) is 5.56 Å². The molecule has 102 valence electrons. The maximum absolute atomic E-state index is 9.12. The van der Waals surface area contributed by atoms with Crippen molar-refractivity contribution in [2.24, 2.45) is 5.73 Å². The second-order valence-corrected chi connectivity index (χ2v) is 4.92. The van der Waals surface area contributed by atoms with Crippen LogP contribution in [0.1, 0.15) is 29.7 Å². The Balaban J connectivity index is 2.31. The number of nitriles is 1. The van der Waals surface area contributed by atoms with E-state index in [1.54, 1.807) is 12.1 Å². The molecular weight excluding hydrogens is 248 g/mol. The zero-order valence-corrected chi connectivity index (χ0v) is 11.7. The average molecular weight is 266 g/mol. The number of para-hydroxylation sites is 1. The van der Waals surface area contributed by atoms with E-state index in [2.05, 4.69) is 6.07 Å². The van der Waals surface area contributed by atoms with Gasteiger partial charge in [-0.15, -0.1) is 0 Å². The first-order valence-corrected chi connectivity index (χ1v) is 6.59. The summed E-state index contributed by atoms with van der Waals surface area (Å²) in [5.74, 6) is 0.567. The largest absolute Gasteiger partial charge is 0.483 e. The van der Waals surface area contributed by atoms with E-state index in [4.69, 9.17) is 15.7 Å². The Labute approximate surface area is 119 Å². The van der Waals surface area contributed by atoms with Crippen LogP contribution in [-0.2, 0) is 0 Å². The summed E-state index contributed by atoms with van der Waals surface area (Å²) < 4.78 is 5.98. The molecule has 2 N–H and O–H groups in total. The van der Waals surface area contributed by atoms with Crippen LogP contribution in [0.25, 0.3) is 0 Å². The molecule has 0 aliphatic rings. The average Bonchev–Trinajstić information content (AvgIpc) is 2.46. The normalized spacial score (nSPS) is 13.3. The van der Waals surface area contributed by atoms with E-state index in [9.17, 15) is 0 Å². The molecule has 2 atom stereocenters. The fourth-order valence-corrected chi connectivity index (χ4v) is 2.03. The van der Waals surface area contributed by atoms with Crippen molar-refractivity contribution < 1.29 is 4.74 Å². The lowest BCUT2D eigenvalue weighted by atomic mass is 10.0. The number of hydrogen-bond donors (Lipinski definition) is 1. The highest BCUT2D eigenvalue weighted by Crippen LogP contribution is 2.27. The summed E-state index contributed by atoms with van der Waals surface area (Å²) in [4.78, 5) is 0. The van der Waals surface area contributed by atoms with Crippen LogP contribution >= 0.6 is 0 Å². The van der Waals surface area contributed by atoms with Gasteiger partial charge in [0.25, 0.3) is 0 Å². The van der Waals surface area contributed by atoms with Crippen LogP contribution in [0.5, 0.6) is 5.75 Å². The Morgan fingerprint density at radius 1 is 1.10 bits per heavy atom. The minimum atomic E-state index is -0.273. The van der Waals surface area contributed by atoms with Crippen LogP contribution in [0.3, 0.4) is 0 Å². The van der Waals surface area contributed by atoms with Gasteiger partial charge in [0.05, 0.1) is 5.56 Å². The first kappa shape index (κ1) is 14.1. The number of hydrogen-bond acceptors (Lipinski definition) is 3. The zero-order valence-electron chi connectivity index (χ0n) is 11.7. The molecule has 3 heteroatoms. The van der Waals surface area contributed by atoms with Gasteiger partial charge in [0.15, 0.2) is 0 Å². The molecule has 2 aromatic carbocycles. The quantitative estimate of drug-likeness (QED) is 0.923. The third-order valence-corrected chi connectivity index (χ3v) is 3.14. The molecule has 2 unspecified atom stereocenters. The maximum atomic E-state index is 9.12. The van der Waals surface area contributed by atoms with Gasteiger partial charge in [-0.2, -0.15) is 5.26 Å². The van der Waals surface area contributed by atoms with E-state index in [-0.39, 0.29) is 12.1 Å². The molecule has 3 nitrogen and oxygen atoms in total. The number of ether oxygens (including phenoxy) is 1. The van der Waals surface area contributed by atoms with Gasteiger partial charge in [0.1, 0.15) is 17.9 Å². The Kier molecular flexibility index (Phi) is 4.39. The van der Waals surface area contributed by atoms with Gasteiger partial charge in [-0.05, 0) is 31.5 Å². The fourth-order valence-electron chi connectivity index (χ4n) is 2.03. The summed E-state index contributed by atoms with van der Waals surface area (Å²) in [5, 5.41) is 9.12. The standard InChI is InChI=1S/C17H18N2O/c1-12-7-9-14(10-8-12)17(13(2)19)20-16-6-4-3-5-15(16)11-18/h3-10,13,17H,19H2,1-2H3. The molecule has 0 spiro atoms. The molecule has 20 heavy (non-hydrogen) atoms. The summed E-state index contributed by atoms with van der Waals surface area (Å²) in [5.41, 5.74) is 8.76. The summed E-state index contributed by atoms with van der Waals surface area (Å²) in [7, 11) is 0. The Morgan fingerprint density at radius 2 is 1.75 bits per heavy atom. The predicted molar refractivity (Wildman–Crippen MR) is 79.4 cm³/mol. The topological polar surface area (TPSA) is 59.0 Å². The van der Waals surface area contributed by atoms with Crippen molar-refractivity contribution in [3.05, 3.63) is 65.2 Å². The predicted octanol–water partition coefficient (Wildman–Crippen LogP) is 3.33. The van der Waals surface area contributed by atoms with Crippen LogP contribution < -0.4 is 10.5 Å². The lowest BCUT2D eigenvalue weighted by Crippen LogP contribution is -2.29. The number of benzene rings is 2. The summed E-state index contributed by atoms with van der Waals surface area (Å²) in [6.45, 7) is 3.94. The van der Waals surface area contributed by atoms with E-state index in [1.807, 2.05) is 50.2 Å². The van der Waals surface area contributed by atoms with E-state index in [0.29, 0.717) is 11.3 Å². The van der Waals surface area contributed by atoms with Crippen LogP contribution in [0.2, 0.25) is 0 Å². The fraction of sp³-hybridized carbons (Fsp3) is 0.235. The number of rotatable bonds is 4. The lowest BCUT2D eigenvalue weighted by molar-refractivity contribution is 0.180. The highest BCUT2D eigenvalue weighted by molar-refractivity contribution is 5.43. The Morgan fingerprint density at radius 3 is 2.35 bits per heavy atom. The monoisotopic (exact) mass is 266 g/mol. The molecule has 0 aliphatic carbocycles. The molecule has 2 rings (SSSR count). The smallest absolute Gasteiger partial charge is 0.139 e. The van der Waals surface area contributed by atoms with Gasteiger partial charge in [-0.1, -0.05) is 42.0 Å². The molecule has 0 aliphatic heterocycles. The van der Waals surface area contributed by atoms with E-state index < -0.39 is 0 Å². The third kappa shape index (κ3) is 3.17. The molecule has 0 aromatic heterocycles. The van der Waals surface area contributed by atoms with E-state index >= 15 is 0 Å². The molecule has 0 radical (unpaired) electrons. The van der Waals surface area contributed by atoms with Gasteiger partial charge >= 0.3 is 0 Å². The van der Waals surface area contributed by atoms with Gasteiger partial charge in [0, 0.05) is 6.04 Å². The minimum Gasteiger partial charge on any atom is -0.483 e. The highest BCUT2D eigenvalue weighted by atomic mass is 16.5. The molecular formula is C17H18N2O. The van der Waals surface area contributed by atoms with Crippen molar-refractivity contribution in [1.29, 1.82) is 5.26 Å². The van der Waals surface area contributed by atoms with Crippen molar-refractivity contribution in [3.63, 3.8) is 0 Å². The van der Waals surface area contributed by atoms with Crippen molar-refractivity contribution in [3.8, 4) is 11.8 Å². The van der Waals surface area contributed by atoms with E-state index in [1.165, 1.54) is 5.56 Å². The van der Waals surface area contributed by atoms with Gasteiger partial charge in [-0.25, -0.2) is 0 Å². The maximum Gasteiger partial charge on any atom is 0.139 e. The van der Waals surface area contributed by atoms with Crippen LogP contribution in [0.15, 0.2) is 48.5 Å². The molecule has 0 amide bonds. The lowest BCUT2D eigenvalue weighted by Gasteiger charge is -2.23. The van der Waals surface area contributed by atoms with Crippen molar-refractivity contribution in [1.82, 2.24) is 0 Å². The minimum absolute atomic E-state index is 0.176. The van der Waals surface area contributed by atoms with Crippen molar-refractivity contribution >= 4 is 0 Å². The summed E-state index contributed by atoms with van der Waals surface area (Å²) in [6.07, 6.45) is -0.273. The van der Waals surface area contributed by atoms with Crippen LogP contribution in [0, 0.1) is 18.3 Å². The first-order valence-electron chi connectivity index (χ1n) is 6.59. The molecule has 0 bridgehead atoms. The van der Waals surface area contributed by atoms with Crippen molar-refractivity contribution in [2.75, 3.05) is 0 Å². The van der Waals surface area contributed by atoms with Gasteiger partial charge in [-0.3, -0.25) is 0 Å². The SMILES string of the molecule is Cc1ccc(C(Oc2ccccc2C#N)C(C)N)cc1. The zero-order chi connectivity index (χ0) is 14.5. The second-order valence-electron chi connectivity index (χ2n) is 4.92. The summed E-state index contributed by atoms with van der Waals surface area (Å²) in [6, 6.07) is 17.2.